The van der Waals surface area contributed by atoms with E-state index in [0.29, 0.717) is 30.2 Å². The minimum absolute atomic E-state index is 0.0644. The summed E-state index contributed by atoms with van der Waals surface area (Å²) >= 11 is 6.06. The van der Waals surface area contributed by atoms with Gasteiger partial charge in [0.15, 0.2) is 0 Å². The fourth-order valence-corrected chi connectivity index (χ4v) is 2.79. The highest BCUT2D eigenvalue weighted by Crippen LogP contribution is 2.33. The number of hydrogen-bond donors (Lipinski definition) is 1. The van der Waals surface area contributed by atoms with E-state index in [-0.39, 0.29) is 12.0 Å². The van der Waals surface area contributed by atoms with Gasteiger partial charge in [-0.1, -0.05) is 11.6 Å². The van der Waals surface area contributed by atoms with Gasteiger partial charge in [-0.15, -0.1) is 0 Å². The van der Waals surface area contributed by atoms with Crippen molar-refractivity contribution in [3.05, 3.63) is 16.9 Å². The SMILES string of the molecule is Cn1ncc(Cl)c1C(O)C1CCN(C(=O)OC(C)(C)C)C1. The molecule has 1 aromatic heterocycles. The van der Waals surface area contributed by atoms with Crippen LogP contribution < -0.4 is 0 Å². The van der Waals surface area contributed by atoms with E-state index in [9.17, 15) is 9.90 Å². The van der Waals surface area contributed by atoms with Crippen molar-refractivity contribution in [2.75, 3.05) is 13.1 Å². The van der Waals surface area contributed by atoms with Crippen LogP contribution in [0.4, 0.5) is 4.79 Å². The molecule has 0 spiro atoms. The zero-order chi connectivity index (χ0) is 15.8. The summed E-state index contributed by atoms with van der Waals surface area (Å²) in [4.78, 5) is 13.7. The fraction of sp³-hybridized carbons (Fsp3) is 0.714. The summed E-state index contributed by atoms with van der Waals surface area (Å²) < 4.78 is 6.92. The molecule has 2 atom stereocenters. The van der Waals surface area contributed by atoms with Gasteiger partial charge in [-0.3, -0.25) is 4.68 Å². The fourth-order valence-electron chi connectivity index (χ4n) is 2.51. The number of amides is 1. The summed E-state index contributed by atoms with van der Waals surface area (Å²) in [5.74, 6) is -0.0644. The third kappa shape index (κ3) is 3.68. The first-order valence-electron chi connectivity index (χ1n) is 7.02. The van der Waals surface area contributed by atoms with Gasteiger partial charge in [0.2, 0.25) is 0 Å². The number of aryl methyl sites for hydroxylation is 1. The molecular weight excluding hydrogens is 294 g/mol. The van der Waals surface area contributed by atoms with Crippen LogP contribution in [0.25, 0.3) is 0 Å². The highest BCUT2D eigenvalue weighted by atomic mass is 35.5. The van der Waals surface area contributed by atoms with E-state index in [0.717, 1.165) is 0 Å². The molecule has 7 heteroatoms. The number of nitrogens with zero attached hydrogens (tertiary/aromatic N) is 3. The number of carbonyl (C=O) groups is 1. The van der Waals surface area contributed by atoms with Crippen LogP contribution in [0, 0.1) is 5.92 Å². The lowest BCUT2D eigenvalue weighted by Gasteiger charge is -2.25. The number of carbonyl (C=O) groups excluding carboxylic acids is 1. The number of aliphatic hydroxyl groups excluding tert-OH is 1. The van der Waals surface area contributed by atoms with Crippen LogP contribution in [0.2, 0.25) is 5.02 Å². The second-order valence-corrected chi connectivity index (χ2v) is 6.83. The first-order chi connectivity index (χ1) is 9.69. The van der Waals surface area contributed by atoms with Crippen molar-refractivity contribution < 1.29 is 14.6 Å². The van der Waals surface area contributed by atoms with Crippen LogP contribution in [0.3, 0.4) is 0 Å². The second-order valence-electron chi connectivity index (χ2n) is 6.42. The molecule has 2 unspecified atom stereocenters. The van der Waals surface area contributed by atoms with E-state index in [1.54, 1.807) is 16.6 Å². The molecule has 1 aliphatic rings. The maximum absolute atomic E-state index is 12.0. The number of aromatic nitrogens is 2. The molecule has 0 aromatic carbocycles. The molecule has 0 bridgehead atoms. The molecule has 1 saturated heterocycles. The molecule has 0 radical (unpaired) electrons. The van der Waals surface area contributed by atoms with Crippen LogP contribution >= 0.6 is 11.6 Å². The smallest absolute Gasteiger partial charge is 0.410 e. The lowest BCUT2D eigenvalue weighted by Crippen LogP contribution is -2.35. The molecular formula is C14H22ClN3O3. The normalized spacial score (nSPS) is 20.7. The Balaban J connectivity index is 2.01. The van der Waals surface area contributed by atoms with E-state index < -0.39 is 11.7 Å². The Morgan fingerprint density at radius 1 is 1.57 bits per heavy atom. The molecule has 6 nitrogen and oxygen atoms in total. The highest BCUT2D eigenvalue weighted by Gasteiger charge is 2.35. The van der Waals surface area contributed by atoms with Crippen LogP contribution in [0.15, 0.2) is 6.20 Å². The molecule has 21 heavy (non-hydrogen) atoms. The minimum atomic E-state index is -0.738. The van der Waals surface area contributed by atoms with E-state index in [4.69, 9.17) is 16.3 Å². The zero-order valence-corrected chi connectivity index (χ0v) is 13.6. The van der Waals surface area contributed by atoms with Crippen LogP contribution in [0.5, 0.6) is 0 Å². The van der Waals surface area contributed by atoms with E-state index in [2.05, 4.69) is 5.10 Å². The monoisotopic (exact) mass is 315 g/mol. The summed E-state index contributed by atoms with van der Waals surface area (Å²) in [6.45, 7) is 6.54. The molecule has 1 aromatic rings. The van der Waals surface area contributed by atoms with Crippen molar-refractivity contribution in [2.45, 2.75) is 38.9 Å². The van der Waals surface area contributed by atoms with Crippen molar-refractivity contribution in [2.24, 2.45) is 13.0 Å². The summed E-state index contributed by atoms with van der Waals surface area (Å²) in [6, 6.07) is 0. The van der Waals surface area contributed by atoms with Gasteiger partial charge in [-0.2, -0.15) is 5.10 Å². The van der Waals surface area contributed by atoms with Crippen molar-refractivity contribution in [1.82, 2.24) is 14.7 Å². The van der Waals surface area contributed by atoms with Crippen LogP contribution in [-0.4, -0.2) is 44.6 Å². The van der Waals surface area contributed by atoms with Gasteiger partial charge in [0.1, 0.15) is 11.7 Å². The number of aliphatic hydroxyl groups is 1. The number of likely N-dealkylation sites (tertiary alicyclic amines) is 1. The highest BCUT2D eigenvalue weighted by molar-refractivity contribution is 6.31. The Bertz CT molecular complexity index is 505. The van der Waals surface area contributed by atoms with Crippen molar-refractivity contribution in [3.8, 4) is 0 Å². The van der Waals surface area contributed by atoms with Crippen molar-refractivity contribution >= 4 is 17.7 Å². The van der Waals surface area contributed by atoms with Gasteiger partial charge in [0.05, 0.1) is 16.9 Å². The number of halogens is 1. The Morgan fingerprint density at radius 3 is 2.76 bits per heavy atom. The Kier molecular flexibility index (Phi) is 4.49. The summed E-state index contributed by atoms with van der Waals surface area (Å²) in [5, 5.41) is 15.0. The standard InChI is InChI=1S/C14H22ClN3O3/c1-14(2,3)21-13(20)18-6-5-9(8-18)12(19)11-10(15)7-16-17(11)4/h7,9,12,19H,5-6,8H2,1-4H3. The Hall–Kier alpha value is -1.27. The zero-order valence-electron chi connectivity index (χ0n) is 12.8. The molecule has 0 saturated carbocycles. The average molecular weight is 316 g/mol. The van der Waals surface area contributed by atoms with E-state index >= 15 is 0 Å². The van der Waals surface area contributed by atoms with Gasteiger partial charge < -0.3 is 14.7 Å². The van der Waals surface area contributed by atoms with Gasteiger partial charge in [-0.25, -0.2) is 4.79 Å². The predicted octanol–water partition coefficient (Wildman–Crippen LogP) is 2.36. The molecule has 1 aliphatic heterocycles. The molecule has 1 fully saturated rings. The molecule has 1 amide bonds. The van der Waals surface area contributed by atoms with E-state index in [1.165, 1.54) is 6.20 Å². The Labute approximate surface area is 129 Å². The minimum Gasteiger partial charge on any atom is -0.444 e. The van der Waals surface area contributed by atoms with Crippen LogP contribution in [-0.2, 0) is 11.8 Å². The second kappa shape index (κ2) is 5.85. The maximum atomic E-state index is 12.0. The summed E-state index contributed by atoms with van der Waals surface area (Å²) in [7, 11) is 1.74. The molecule has 118 valence electrons. The first-order valence-corrected chi connectivity index (χ1v) is 7.40. The number of rotatable bonds is 2. The number of hydrogen-bond acceptors (Lipinski definition) is 4. The first kappa shape index (κ1) is 16.1. The third-order valence-corrected chi connectivity index (χ3v) is 3.83. The largest absolute Gasteiger partial charge is 0.444 e. The quantitative estimate of drug-likeness (QED) is 0.909. The lowest BCUT2D eigenvalue weighted by atomic mass is 9.99. The molecule has 2 heterocycles. The summed E-state index contributed by atoms with van der Waals surface area (Å²) in [5.41, 5.74) is 0.0757. The van der Waals surface area contributed by atoms with Crippen molar-refractivity contribution in [1.29, 1.82) is 0 Å². The topological polar surface area (TPSA) is 67.6 Å². The van der Waals surface area contributed by atoms with Gasteiger partial charge >= 0.3 is 6.09 Å². The average Bonchev–Trinajstić information content (AvgIpc) is 2.94. The van der Waals surface area contributed by atoms with E-state index in [1.807, 2.05) is 20.8 Å². The van der Waals surface area contributed by atoms with Crippen LogP contribution in [0.1, 0.15) is 39.0 Å². The third-order valence-electron chi connectivity index (χ3n) is 3.54. The van der Waals surface area contributed by atoms with Gasteiger partial charge in [0, 0.05) is 26.1 Å². The van der Waals surface area contributed by atoms with Gasteiger partial charge in [-0.05, 0) is 27.2 Å². The molecule has 2 rings (SSSR count). The summed E-state index contributed by atoms with van der Waals surface area (Å²) in [6.07, 6.45) is 1.15. The van der Waals surface area contributed by atoms with Gasteiger partial charge in [0.25, 0.3) is 0 Å². The van der Waals surface area contributed by atoms with Crippen molar-refractivity contribution in [3.63, 3.8) is 0 Å². The Morgan fingerprint density at radius 2 is 2.24 bits per heavy atom. The predicted molar refractivity (Wildman–Crippen MR) is 79.1 cm³/mol. The molecule has 1 N–H and O–H groups in total. The molecule has 0 aliphatic carbocycles. The lowest BCUT2D eigenvalue weighted by molar-refractivity contribution is 0.0266. The maximum Gasteiger partial charge on any atom is 0.410 e. The number of ether oxygens (including phenoxy) is 1.